The molecule has 0 aliphatic rings. The number of ether oxygens (including phenoxy) is 1. The van der Waals surface area contributed by atoms with Gasteiger partial charge in [-0.2, -0.15) is 0 Å². The molecule has 94 valence electrons. The summed E-state index contributed by atoms with van der Waals surface area (Å²) < 4.78 is 27.7. The van der Waals surface area contributed by atoms with E-state index in [2.05, 4.69) is 13.2 Å². The van der Waals surface area contributed by atoms with Gasteiger partial charge in [0.25, 0.3) is 0 Å². The van der Waals surface area contributed by atoms with Crippen LogP contribution in [0.4, 0.5) is 0 Å². The Morgan fingerprint density at radius 1 is 1.44 bits per heavy atom. The second-order valence-corrected chi connectivity index (χ2v) is 5.61. The van der Waals surface area contributed by atoms with Gasteiger partial charge in [0.2, 0.25) is 5.50 Å². The van der Waals surface area contributed by atoms with Crippen LogP contribution >= 0.6 is 7.60 Å². The van der Waals surface area contributed by atoms with Crippen molar-refractivity contribution in [2.24, 2.45) is 5.92 Å². The van der Waals surface area contributed by atoms with Crippen molar-refractivity contribution in [1.82, 2.24) is 0 Å². The fraction of sp³-hybridized carbons (Fsp3) is 0.636. The van der Waals surface area contributed by atoms with E-state index in [1.54, 1.807) is 6.92 Å². The second-order valence-electron chi connectivity index (χ2n) is 3.60. The summed E-state index contributed by atoms with van der Waals surface area (Å²) in [5, 5.41) is 0. The Morgan fingerprint density at radius 2 is 2.06 bits per heavy atom. The van der Waals surface area contributed by atoms with Crippen molar-refractivity contribution >= 4 is 7.60 Å². The van der Waals surface area contributed by atoms with Crippen molar-refractivity contribution in [3.63, 3.8) is 0 Å². The van der Waals surface area contributed by atoms with Crippen LogP contribution in [0, 0.1) is 5.92 Å². The molecule has 0 N–H and O–H groups in total. The first kappa shape index (κ1) is 15.4. The van der Waals surface area contributed by atoms with Crippen LogP contribution in [0.5, 0.6) is 0 Å². The molecule has 0 saturated carbocycles. The smallest absolute Gasteiger partial charge is 0.395 e. The molecule has 0 aliphatic heterocycles. The minimum atomic E-state index is -3.39. The molecular weight excluding hydrogens is 227 g/mol. The van der Waals surface area contributed by atoms with Crippen LogP contribution < -0.4 is 0 Å². The summed E-state index contributed by atoms with van der Waals surface area (Å²) in [4.78, 5) is 0. The summed E-state index contributed by atoms with van der Waals surface area (Å²) in [7, 11) is -3.39. The molecule has 0 spiro atoms. The minimum absolute atomic E-state index is 0.0532. The van der Waals surface area contributed by atoms with Crippen LogP contribution in [-0.2, 0) is 18.3 Å². The third kappa shape index (κ3) is 5.50. The Balaban J connectivity index is 4.53. The lowest BCUT2D eigenvalue weighted by atomic mass is 10.2. The lowest BCUT2D eigenvalue weighted by Gasteiger charge is -2.20. The van der Waals surface area contributed by atoms with Crippen molar-refractivity contribution in [2.75, 3.05) is 19.8 Å². The standard InChI is InChI=1S/C11H21O4P/c1-6-8-14-16(12,11(5)13-7-2)15-9-10(3)4/h6,10H,1,5,7-9H2,2-4H3. The molecule has 0 aliphatic carbocycles. The van der Waals surface area contributed by atoms with Gasteiger partial charge < -0.3 is 9.26 Å². The first-order valence-electron chi connectivity index (χ1n) is 5.28. The zero-order valence-electron chi connectivity index (χ0n) is 10.3. The van der Waals surface area contributed by atoms with Gasteiger partial charge in [-0.3, -0.25) is 9.09 Å². The molecule has 0 heterocycles. The summed E-state index contributed by atoms with van der Waals surface area (Å²) in [6, 6.07) is 0. The third-order valence-electron chi connectivity index (χ3n) is 1.56. The molecule has 0 aromatic carbocycles. The van der Waals surface area contributed by atoms with Crippen molar-refractivity contribution in [2.45, 2.75) is 20.8 Å². The lowest BCUT2D eigenvalue weighted by Crippen LogP contribution is -2.06. The van der Waals surface area contributed by atoms with E-state index in [1.165, 1.54) is 6.08 Å². The Hall–Kier alpha value is -0.570. The van der Waals surface area contributed by atoms with Gasteiger partial charge in [-0.05, 0) is 19.4 Å². The number of hydrogen-bond acceptors (Lipinski definition) is 4. The predicted molar refractivity (Wildman–Crippen MR) is 65.3 cm³/mol. The highest BCUT2D eigenvalue weighted by atomic mass is 31.2. The van der Waals surface area contributed by atoms with Crippen LogP contribution in [0.25, 0.3) is 0 Å². The van der Waals surface area contributed by atoms with Gasteiger partial charge in [0.1, 0.15) is 0 Å². The minimum Gasteiger partial charge on any atom is -0.487 e. The van der Waals surface area contributed by atoms with Crippen LogP contribution in [0.1, 0.15) is 20.8 Å². The molecule has 0 bridgehead atoms. The Bertz CT molecular complexity index is 273. The SMILES string of the molecule is C=CCOP(=O)(OCC(C)C)C(=C)OCC. The Morgan fingerprint density at radius 3 is 2.50 bits per heavy atom. The van der Waals surface area contributed by atoms with E-state index in [0.29, 0.717) is 13.2 Å². The maximum Gasteiger partial charge on any atom is 0.395 e. The van der Waals surface area contributed by atoms with Crippen LogP contribution in [0.15, 0.2) is 24.7 Å². The molecule has 0 fully saturated rings. The zero-order chi connectivity index (χ0) is 12.6. The number of hydrogen-bond donors (Lipinski definition) is 0. The second kappa shape index (κ2) is 7.66. The largest absolute Gasteiger partial charge is 0.487 e. The highest BCUT2D eigenvalue weighted by Gasteiger charge is 2.30. The molecule has 1 unspecified atom stereocenters. The van der Waals surface area contributed by atoms with Crippen LogP contribution in [-0.4, -0.2) is 19.8 Å². The van der Waals surface area contributed by atoms with Gasteiger partial charge in [-0.15, -0.1) is 6.58 Å². The molecule has 0 rings (SSSR count). The van der Waals surface area contributed by atoms with E-state index in [0.717, 1.165) is 0 Å². The summed E-state index contributed by atoms with van der Waals surface area (Å²) in [6.07, 6.45) is 1.50. The lowest BCUT2D eigenvalue weighted by molar-refractivity contribution is 0.172. The summed E-state index contributed by atoms with van der Waals surface area (Å²) in [5.41, 5.74) is 0.0532. The predicted octanol–water partition coefficient (Wildman–Crippen LogP) is 3.56. The van der Waals surface area contributed by atoms with E-state index < -0.39 is 7.60 Å². The van der Waals surface area contributed by atoms with Crippen LogP contribution in [0.2, 0.25) is 0 Å². The first-order valence-corrected chi connectivity index (χ1v) is 6.82. The highest BCUT2D eigenvalue weighted by Crippen LogP contribution is 2.55. The maximum atomic E-state index is 12.2. The van der Waals surface area contributed by atoms with Crippen molar-refractivity contribution in [3.8, 4) is 0 Å². The highest BCUT2D eigenvalue weighted by molar-refractivity contribution is 7.58. The molecule has 0 aromatic rings. The average Bonchev–Trinajstić information content (AvgIpc) is 2.24. The Labute approximate surface area is 97.8 Å². The van der Waals surface area contributed by atoms with Gasteiger partial charge in [-0.1, -0.05) is 19.9 Å². The summed E-state index contributed by atoms with van der Waals surface area (Å²) >= 11 is 0. The monoisotopic (exact) mass is 248 g/mol. The van der Waals surface area contributed by atoms with Gasteiger partial charge >= 0.3 is 7.60 Å². The van der Waals surface area contributed by atoms with E-state index in [1.807, 2.05) is 13.8 Å². The molecule has 0 saturated heterocycles. The summed E-state index contributed by atoms with van der Waals surface area (Å²) in [6.45, 7) is 13.6. The van der Waals surface area contributed by atoms with Gasteiger partial charge in [0.15, 0.2) is 0 Å². The van der Waals surface area contributed by atoms with Crippen LogP contribution in [0.3, 0.4) is 0 Å². The normalized spacial score (nSPS) is 14.5. The van der Waals surface area contributed by atoms with Gasteiger partial charge in [-0.25, -0.2) is 0 Å². The molecule has 16 heavy (non-hydrogen) atoms. The average molecular weight is 248 g/mol. The van der Waals surface area contributed by atoms with E-state index in [9.17, 15) is 4.57 Å². The maximum absolute atomic E-state index is 12.2. The molecule has 1 atom stereocenters. The molecular formula is C11H21O4P. The molecule has 5 heteroatoms. The topological polar surface area (TPSA) is 44.8 Å². The fourth-order valence-corrected chi connectivity index (χ4v) is 2.27. The quantitative estimate of drug-likeness (QED) is 0.355. The van der Waals surface area contributed by atoms with E-state index in [4.69, 9.17) is 13.8 Å². The van der Waals surface area contributed by atoms with E-state index >= 15 is 0 Å². The summed E-state index contributed by atoms with van der Waals surface area (Å²) in [5.74, 6) is 0.259. The molecule has 4 nitrogen and oxygen atoms in total. The third-order valence-corrected chi connectivity index (χ3v) is 3.27. The van der Waals surface area contributed by atoms with Gasteiger partial charge in [0.05, 0.1) is 19.8 Å². The fourth-order valence-electron chi connectivity index (χ4n) is 0.825. The Kier molecular flexibility index (Phi) is 7.39. The van der Waals surface area contributed by atoms with Crippen molar-refractivity contribution < 1.29 is 18.3 Å². The molecule has 0 amide bonds. The molecule has 0 radical (unpaired) electrons. The molecule has 0 aromatic heterocycles. The van der Waals surface area contributed by atoms with E-state index in [-0.39, 0.29) is 18.0 Å². The van der Waals surface area contributed by atoms with Crippen molar-refractivity contribution in [3.05, 3.63) is 24.7 Å². The van der Waals surface area contributed by atoms with Crippen molar-refractivity contribution in [1.29, 1.82) is 0 Å². The zero-order valence-corrected chi connectivity index (χ0v) is 11.2. The first-order chi connectivity index (χ1) is 7.46. The van der Waals surface area contributed by atoms with Gasteiger partial charge in [0, 0.05) is 0 Å². The number of rotatable bonds is 9.